The molecule has 0 aliphatic carbocycles. The van der Waals surface area contributed by atoms with Crippen molar-refractivity contribution in [2.75, 3.05) is 5.01 Å². The van der Waals surface area contributed by atoms with Crippen molar-refractivity contribution in [2.24, 2.45) is 0 Å². The van der Waals surface area contributed by atoms with Crippen LogP contribution in [0.5, 0.6) is 0 Å². The quantitative estimate of drug-likeness (QED) is 0.443. The lowest BCUT2D eigenvalue weighted by molar-refractivity contribution is -0.109. The van der Waals surface area contributed by atoms with Crippen LogP contribution in [0.3, 0.4) is 0 Å². The molecule has 1 aliphatic heterocycles. The minimum absolute atomic E-state index is 0.300. The molecular formula is C21H21ClFN2O4P. The molecular weight excluding hydrogens is 430 g/mol. The number of hydrazine groups is 1. The fourth-order valence-corrected chi connectivity index (χ4v) is 3.87. The van der Waals surface area contributed by atoms with E-state index >= 15 is 0 Å². The largest absolute Gasteiger partial charge is 0.398 e. The molecule has 3 rings (SSSR count). The van der Waals surface area contributed by atoms with Gasteiger partial charge in [0, 0.05) is 22.9 Å². The van der Waals surface area contributed by atoms with E-state index in [0.717, 1.165) is 11.6 Å². The van der Waals surface area contributed by atoms with Gasteiger partial charge < -0.3 is 9.42 Å². The number of rotatable bonds is 7. The Morgan fingerprint density at radius 3 is 2.50 bits per heavy atom. The van der Waals surface area contributed by atoms with Crippen molar-refractivity contribution in [3.8, 4) is 0 Å². The van der Waals surface area contributed by atoms with E-state index in [1.165, 1.54) is 12.1 Å². The van der Waals surface area contributed by atoms with Crippen molar-refractivity contribution in [1.29, 1.82) is 0 Å². The molecule has 0 bridgehead atoms. The van der Waals surface area contributed by atoms with Crippen LogP contribution >= 0.6 is 19.2 Å². The molecule has 1 heterocycles. The molecule has 6 nitrogen and oxygen atoms in total. The van der Waals surface area contributed by atoms with Crippen molar-refractivity contribution in [3.63, 3.8) is 0 Å². The number of hydrogen-bond donors (Lipinski definition) is 2. The number of allylic oxidation sites excluding steroid dienone is 2. The number of nitrogens with zero attached hydrogens (tertiary/aromatic N) is 1. The molecule has 9 heteroatoms. The van der Waals surface area contributed by atoms with Crippen molar-refractivity contribution in [1.82, 2.24) is 5.43 Å². The van der Waals surface area contributed by atoms with E-state index in [0.29, 0.717) is 28.4 Å². The lowest BCUT2D eigenvalue weighted by Crippen LogP contribution is -2.27. The number of carbonyl (C=O) groups is 1. The van der Waals surface area contributed by atoms with Gasteiger partial charge in [-0.3, -0.25) is 19.8 Å². The van der Waals surface area contributed by atoms with E-state index in [4.69, 9.17) is 16.1 Å². The molecule has 2 atom stereocenters. The molecule has 1 aliphatic rings. The molecule has 0 spiro atoms. The predicted octanol–water partition coefficient (Wildman–Crippen LogP) is 5.26. The van der Waals surface area contributed by atoms with Crippen LogP contribution in [0.1, 0.15) is 25.8 Å². The zero-order valence-corrected chi connectivity index (χ0v) is 18.0. The van der Waals surface area contributed by atoms with Gasteiger partial charge in [-0.2, -0.15) is 0 Å². The third kappa shape index (κ3) is 5.18. The van der Waals surface area contributed by atoms with Crippen molar-refractivity contribution in [2.45, 2.75) is 26.4 Å². The zero-order valence-electron chi connectivity index (χ0n) is 16.4. The lowest BCUT2D eigenvalue weighted by atomic mass is 10.0. The van der Waals surface area contributed by atoms with E-state index in [2.05, 4.69) is 5.43 Å². The van der Waals surface area contributed by atoms with Gasteiger partial charge in [-0.25, -0.2) is 4.39 Å². The Balaban J connectivity index is 1.96. The molecule has 0 saturated heterocycles. The predicted molar refractivity (Wildman–Crippen MR) is 115 cm³/mol. The summed E-state index contributed by atoms with van der Waals surface area (Å²) in [5.74, 6) is -0.380. The van der Waals surface area contributed by atoms with Gasteiger partial charge in [0.1, 0.15) is 5.82 Å². The molecule has 0 aromatic heterocycles. The molecule has 2 N–H and O–H groups in total. The summed E-state index contributed by atoms with van der Waals surface area (Å²) in [5.41, 5.74) is 4.19. The molecule has 0 radical (unpaired) electrons. The van der Waals surface area contributed by atoms with Crippen LogP contribution in [0.2, 0.25) is 5.02 Å². The first-order valence-electron chi connectivity index (χ1n) is 9.26. The van der Waals surface area contributed by atoms with E-state index in [1.54, 1.807) is 61.5 Å². The summed E-state index contributed by atoms with van der Waals surface area (Å²) in [4.78, 5) is 22.6. The van der Waals surface area contributed by atoms with Crippen molar-refractivity contribution >= 4 is 36.0 Å². The van der Waals surface area contributed by atoms with Gasteiger partial charge in [-0.05, 0) is 55.3 Å². The SMILES string of the molecule is CCC(C)OP(=O)(O)C(=O)C=C1NN(c2ccc(F)cc2)C=C1c1ccc(Cl)cc1. The Kier molecular flexibility index (Phi) is 6.78. The second kappa shape index (κ2) is 9.14. The van der Waals surface area contributed by atoms with Crippen molar-refractivity contribution in [3.05, 3.63) is 82.9 Å². The normalized spacial score (nSPS) is 18.0. The maximum Gasteiger partial charge on any atom is 0.398 e. The second-order valence-corrected chi connectivity index (χ2v) is 8.88. The van der Waals surface area contributed by atoms with E-state index in [-0.39, 0.29) is 5.82 Å². The van der Waals surface area contributed by atoms with Crippen LogP contribution in [0, 0.1) is 5.82 Å². The van der Waals surface area contributed by atoms with Gasteiger partial charge in [0.2, 0.25) is 0 Å². The minimum atomic E-state index is -4.50. The standard InChI is InChI=1S/C21H21ClFN2O4P/c1-3-14(2)29-30(27,28)21(26)12-20-19(15-4-6-16(22)7-5-15)13-25(24-20)18-10-8-17(23)9-11-18/h4-14,24H,3H2,1-2H3,(H,27,28). The fourth-order valence-electron chi connectivity index (χ4n) is 2.71. The van der Waals surface area contributed by atoms with Crippen LogP contribution in [-0.4, -0.2) is 16.5 Å². The topological polar surface area (TPSA) is 78.9 Å². The summed E-state index contributed by atoms with van der Waals surface area (Å²) >= 11 is 5.96. The van der Waals surface area contributed by atoms with Crippen LogP contribution < -0.4 is 10.4 Å². The zero-order chi connectivity index (χ0) is 21.9. The van der Waals surface area contributed by atoms with Crippen LogP contribution in [0.15, 0.2) is 66.5 Å². The van der Waals surface area contributed by atoms with Crippen LogP contribution in [0.4, 0.5) is 10.1 Å². The molecule has 158 valence electrons. The van der Waals surface area contributed by atoms with Crippen LogP contribution in [-0.2, 0) is 13.9 Å². The van der Waals surface area contributed by atoms with E-state index in [9.17, 15) is 18.6 Å². The van der Waals surface area contributed by atoms with Gasteiger partial charge >= 0.3 is 7.60 Å². The Morgan fingerprint density at radius 2 is 1.90 bits per heavy atom. The van der Waals surface area contributed by atoms with E-state index in [1.807, 2.05) is 0 Å². The van der Waals surface area contributed by atoms with Gasteiger partial charge in [0.05, 0.1) is 17.5 Å². The Labute approximate surface area is 179 Å². The Bertz CT molecular complexity index is 1040. The fraction of sp³-hybridized carbons (Fsp3) is 0.190. The summed E-state index contributed by atoms with van der Waals surface area (Å²) in [6.45, 7) is 3.40. The molecule has 0 fully saturated rings. The number of anilines is 1. The average molecular weight is 451 g/mol. The number of carbonyl (C=O) groups excluding carboxylic acids is 1. The highest BCUT2D eigenvalue weighted by Crippen LogP contribution is 2.46. The molecule has 2 aromatic rings. The van der Waals surface area contributed by atoms with Gasteiger partial charge in [-0.15, -0.1) is 0 Å². The number of benzene rings is 2. The number of hydrogen-bond acceptors (Lipinski definition) is 5. The first kappa shape index (κ1) is 22.2. The second-order valence-electron chi connectivity index (χ2n) is 6.75. The summed E-state index contributed by atoms with van der Waals surface area (Å²) in [5, 5.41) is 2.13. The third-order valence-electron chi connectivity index (χ3n) is 4.49. The highest BCUT2D eigenvalue weighted by atomic mass is 35.5. The molecule has 2 unspecified atom stereocenters. The molecule has 30 heavy (non-hydrogen) atoms. The Morgan fingerprint density at radius 1 is 1.27 bits per heavy atom. The molecule has 2 aromatic carbocycles. The maximum absolute atomic E-state index is 13.3. The smallest absolute Gasteiger partial charge is 0.319 e. The van der Waals surface area contributed by atoms with Crippen LogP contribution in [0.25, 0.3) is 5.57 Å². The first-order valence-corrected chi connectivity index (χ1v) is 11.2. The molecule has 0 amide bonds. The highest BCUT2D eigenvalue weighted by Gasteiger charge is 2.32. The van der Waals surface area contributed by atoms with E-state index < -0.39 is 19.2 Å². The van der Waals surface area contributed by atoms with Gasteiger partial charge in [0.25, 0.3) is 5.52 Å². The lowest BCUT2D eigenvalue weighted by Gasteiger charge is -2.18. The monoisotopic (exact) mass is 450 g/mol. The van der Waals surface area contributed by atoms with Gasteiger partial charge in [0.15, 0.2) is 0 Å². The molecule has 0 saturated carbocycles. The Hall–Kier alpha value is -2.44. The van der Waals surface area contributed by atoms with Gasteiger partial charge in [-0.1, -0.05) is 30.7 Å². The average Bonchev–Trinajstić information content (AvgIpc) is 3.12. The minimum Gasteiger partial charge on any atom is -0.319 e. The highest BCUT2D eigenvalue weighted by molar-refractivity contribution is 7.71. The summed E-state index contributed by atoms with van der Waals surface area (Å²) < 4.78 is 30.7. The maximum atomic E-state index is 13.3. The summed E-state index contributed by atoms with van der Waals surface area (Å²) in [7, 11) is -4.50. The summed E-state index contributed by atoms with van der Waals surface area (Å²) in [6, 6.07) is 12.6. The van der Waals surface area contributed by atoms with Crippen molar-refractivity contribution < 1.29 is 23.2 Å². The first-order chi connectivity index (χ1) is 14.2. The third-order valence-corrected chi connectivity index (χ3v) is 6.08. The number of nitrogens with one attached hydrogen (secondary N) is 1. The summed E-state index contributed by atoms with van der Waals surface area (Å²) in [6.07, 6.45) is 2.70. The number of halogens is 2.